The third-order valence-electron chi connectivity index (χ3n) is 3.82. The van der Waals surface area contributed by atoms with Gasteiger partial charge in [0.25, 0.3) is 5.91 Å². The fraction of sp³-hybridized carbons (Fsp3) is 0.150. The normalized spacial score (nSPS) is 11.6. The van der Waals surface area contributed by atoms with Crippen molar-refractivity contribution in [2.75, 3.05) is 5.32 Å². The quantitative estimate of drug-likeness (QED) is 0.740. The molecule has 0 spiro atoms. The molecule has 0 aliphatic rings. The number of nitrogens with zero attached hydrogens (tertiary/aromatic N) is 2. The number of carbonyl (C=O) groups is 1. The number of hydrogen-bond acceptors (Lipinski definition) is 4. The maximum atomic E-state index is 12.3. The monoisotopic (exact) mass is 332 g/mol. The minimum Gasteiger partial charge on any atom is -0.344 e. The van der Waals surface area contributed by atoms with Crippen LogP contribution in [0.15, 0.2) is 67.0 Å². The summed E-state index contributed by atoms with van der Waals surface area (Å²) >= 11 is 0. The van der Waals surface area contributed by atoms with E-state index in [-0.39, 0.29) is 17.6 Å². The van der Waals surface area contributed by atoms with Crippen LogP contribution in [-0.2, 0) is 0 Å². The fourth-order valence-corrected chi connectivity index (χ4v) is 2.48. The van der Waals surface area contributed by atoms with Gasteiger partial charge >= 0.3 is 0 Å². The second-order valence-electron chi connectivity index (χ2n) is 5.89. The molecule has 25 heavy (non-hydrogen) atoms. The average molecular weight is 332 g/mol. The standard InChI is InChI=1S/C20H20N4O/c1-14-7-6-10-17(11-14)24-19-13-21-18(12-22-19)20(25)23-15(2)16-8-4-3-5-9-16/h3-13,15H,1-2H3,(H,22,24)(H,23,25). The van der Waals surface area contributed by atoms with Crippen molar-refractivity contribution in [1.82, 2.24) is 15.3 Å². The largest absolute Gasteiger partial charge is 0.344 e. The maximum Gasteiger partial charge on any atom is 0.271 e. The van der Waals surface area contributed by atoms with Crippen molar-refractivity contribution in [1.29, 1.82) is 0 Å². The summed E-state index contributed by atoms with van der Waals surface area (Å²) in [5.74, 6) is 0.351. The Morgan fingerprint density at radius 3 is 2.48 bits per heavy atom. The highest BCUT2D eigenvalue weighted by Crippen LogP contribution is 2.15. The Bertz CT molecular complexity index is 847. The summed E-state index contributed by atoms with van der Waals surface area (Å²) in [7, 11) is 0. The number of aromatic nitrogens is 2. The van der Waals surface area contributed by atoms with E-state index in [0.717, 1.165) is 16.8 Å². The number of aryl methyl sites for hydroxylation is 1. The molecule has 5 heteroatoms. The molecule has 5 nitrogen and oxygen atoms in total. The van der Waals surface area contributed by atoms with Gasteiger partial charge < -0.3 is 10.6 Å². The van der Waals surface area contributed by atoms with Gasteiger partial charge in [-0.25, -0.2) is 9.97 Å². The molecule has 0 radical (unpaired) electrons. The van der Waals surface area contributed by atoms with Crippen LogP contribution in [0.3, 0.4) is 0 Å². The van der Waals surface area contributed by atoms with Crippen LogP contribution in [0, 0.1) is 6.92 Å². The number of benzene rings is 2. The summed E-state index contributed by atoms with van der Waals surface area (Å²) in [5, 5.41) is 6.10. The van der Waals surface area contributed by atoms with E-state index >= 15 is 0 Å². The van der Waals surface area contributed by atoms with Crippen molar-refractivity contribution >= 4 is 17.4 Å². The Balaban J connectivity index is 1.64. The SMILES string of the molecule is Cc1cccc(Nc2cnc(C(=O)NC(C)c3ccccc3)cn2)c1. The van der Waals surface area contributed by atoms with Crippen molar-refractivity contribution in [2.24, 2.45) is 0 Å². The summed E-state index contributed by atoms with van der Waals surface area (Å²) in [4.78, 5) is 20.8. The molecular formula is C20H20N4O. The molecule has 126 valence electrons. The van der Waals surface area contributed by atoms with E-state index in [0.29, 0.717) is 5.82 Å². The van der Waals surface area contributed by atoms with E-state index in [1.54, 1.807) is 6.20 Å². The first-order valence-electron chi connectivity index (χ1n) is 8.13. The van der Waals surface area contributed by atoms with Gasteiger partial charge in [-0.3, -0.25) is 4.79 Å². The summed E-state index contributed by atoms with van der Waals surface area (Å²) in [6, 6.07) is 17.7. The van der Waals surface area contributed by atoms with Crippen molar-refractivity contribution in [3.63, 3.8) is 0 Å². The van der Waals surface area contributed by atoms with E-state index in [2.05, 4.69) is 20.6 Å². The number of carbonyl (C=O) groups excluding carboxylic acids is 1. The van der Waals surface area contributed by atoms with Crippen LogP contribution < -0.4 is 10.6 Å². The predicted octanol–water partition coefficient (Wildman–Crippen LogP) is 4.02. The molecule has 2 aromatic carbocycles. The van der Waals surface area contributed by atoms with E-state index in [1.807, 2.05) is 68.4 Å². The molecular weight excluding hydrogens is 312 g/mol. The molecule has 0 aliphatic heterocycles. The lowest BCUT2D eigenvalue weighted by Crippen LogP contribution is -2.27. The maximum absolute atomic E-state index is 12.3. The van der Waals surface area contributed by atoms with E-state index in [9.17, 15) is 4.79 Å². The van der Waals surface area contributed by atoms with Crippen LogP contribution in [0.25, 0.3) is 0 Å². The van der Waals surface area contributed by atoms with Crippen molar-refractivity contribution < 1.29 is 4.79 Å². The lowest BCUT2D eigenvalue weighted by Gasteiger charge is -2.14. The zero-order valence-electron chi connectivity index (χ0n) is 14.2. The van der Waals surface area contributed by atoms with Gasteiger partial charge in [-0.1, -0.05) is 42.5 Å². The molecule has 1 heterocycles. The van der Waals surface area contributed by atoms with Gasteiger partial charge in [-0.2, -0.15) is 0 Å². The Hall–Kier alpha value is -3.21. The summed E-state index contributed by atoms with van der Waals surface area (Å²) < 4.78 is 0. The lowest BCUT2D eigenvalue weighted by molar-refractivity contribution is 0.0934. The van der Waals surface area contributed by atoms with Crippen LogP contribution >= 0.6 is 0 Å². The van der Waals surface area contributed by atoms with Crippen LogP contribution in [0.5, 0.6) is 0 Å². The molecule has 0 saturated heterocycles. The van der Waals surface area contributed by atoms with Crippen molar-refractivity contribution in [3.05, 3.63) is 83.8 Å². The summed E-state index contributed by atoms with van der Waals surface area (Å²) in [6.07, 6.45) is 3.04. The van der Waals surface area contributed by atoms with Gasteiger partial charge in [-0.05, 0) is 37.1 Å². The highest BCUT2D eigenvalue weighted by Gasteiger charge is 2.12. The minimum absolute atomic E-state index is 0.0967. The molecule has 1 amide bonds. The zero-order chi connectivity index (χ0) is 17.6. The fourth-order valence-electron chi connectivity index (χ4n) is 2.48. The number of amides is 1. The Morgan fingerprint density at radius 2 is 1.80 bits per heavy atom. The van der Waals surface area contributed by atoms with Gasteiger partial charge in [0.2, 0.25) is 0 Å². The second-order valence-corrected chi connectivity index (χ2v) is 5.89. The first kappa shape index (κ1) is 16.6. The van der Waals surface area contributed by atoms with Crippen LogP contribution in [0.4, 0.5) is 11.5 Å². The Kier molecular flexibility index (Phi) is 5.04. The molecule has 0 fully saturated rings. The molecule has 3 rings (SSSR count). The first-order chi connectivity index (χ1) is 12.1. The molecule has 1 unspecified atom stereocenters. The lowest BCUT2D eigenvalue weighted by atomic mass is 10.1. The van der Waals surface area contributed by atoms with E-state index < -0.39 is 0 Å². The predicted molar refractivity (Wildman–Crippen MR) is 98.8 cm³/mol. The number of hydrogen-bond donors (Lipinski definition) is 2. The third kappa shape index (κ3) is 4.41. The zero-order valence-corrected chi connectivity index (χ0v) is 14.2. The number of anilines is 2. The van der Waals surface area contributed by atoms with Gasteiger partial charge in [-0.15, -0.1) is 0 Å². The van der Waals surface area contributed by atoms with Gasteiger partial charge in [0.1, 0.15) is 11.5 Å². The summed E-state index contributed by atoms with van der Waals surface area (Å²) in [5.41, 5.74) is 3.42. The van der Waals surface area contributed by atoms with Crippen molar-refractivity contribution in [3.8, 4) is 0 Å². The molecule has 3 aromatic rings. The molecule has 1 aromatic heterocycles. The second kappa shape index (κ2) is 7.57. The van der Waals surface area contributed by atoms with Gasteiger partial charge in [0.05, 0.1) is 18.4 Å². The molecule has 0 aliphatic carbocycles. The van der Waals surface area contributed by atoms with Crippen LogP contribution in [-0.4, -0.2) is 15.9 Å². The molecule has 1 atom stereocenters. The highest BCUT2D eigenvalue weighted by molar-refractivity contribution is 5.92. The van der Waals surface area contributed by atoms with Gasteiger partial charge in [0.15, 0.2) is 0 Å². The smallest absolute Gasteiger partial charge is 0.271 e. The van der Waals surface area contributed by atoms with Crippen LogP contribution in [0.2, 0.25) is 0 Å². The van der Waals surface area contributed by atoms with E-state index in [4.69, 9.17) is 0 Å². The first-order valence-corrected chi connectivity index (χ1v) is 8.13. The van der Waals surface area contributed by atoms with Crippen molar-refractivity contribution in [2.45, 2.75) is 19.9 Å². The topological polar surface area (TPSA) is 66.9 Å². The Labute approximate surface area is 147 Å². The number of nitrogens with one attached hydrogen (secondary N) is 2. The molecule has 2 N–H and O–H groups in total. The third-order valence-corrected chi connectivity index (χ3v) is 3.82. The van der Waals surface area contributed by atoms with Crippen LogP contribution in [0.1, 0.15) is 34.6 Å². The van der Waals surface area contributed by atoms with E-state index in [1.165, 1.54) is 6.20 Å². The minimum atomic E-state index is -0.244. The average Bonchev–Trinajstić information content (AvgIpc) is 2.63. The summed E-state index contributed by atoms with van der Waals surface area (Å²) in [6.45, 7) is 3.96. The number of rotatable bonds is 5. The molecule has 0 bridgehead atoms. The van der Waals surface area contributed by atoms with Gasteiger partial charge in [0, 0.05) is 5.69 Å². The highest BCUT2D eigenvalue weighted by atomic mass is 16.1. The molecule has 0 saturated carbocycles. The Morgan fingerprint density at radius 1 is 1.00 bits per heavy atom.